The maximum atomic E-state index is 4.57. The van der Waals surface area contributed by atoms with E-state index in [2.05, 4.69) is 47.0 Å². The van der Waals surface area contributed by atoms with Crippen LogP contribution in [-0.2, 0) is 0 Å². The fourth-order valence-corrected chi connectivity index (χ4v) is 3.31. The lowest BCUT2D eigenvalue weighted by molar-refractivity contribution is 0.641. The number of aryl methyl sites for hydroxylation is 1. The Morgan fingerprint density at radius 3 is 2.89 bits per heavy atom. The molecule has 2 rings (SSSR count). The fraction of sp³-hybridized carbons (Fsp3) is 0.692. The molecule has 5 heteroatoms. The Morgan fingerprint density at radius 2 is 2.22 bits per heavy atom. The topological polar surface area (TPSA) is 41.0 Å². The molecular formula is C13H22N4S. The Bertz CT molecular complexity index is 419. The fourth-order valence-electron chi connectivity index (χ4n) is 2.20. The monoisotopic (exact) mass is 266 g/mol. The summed E-state index contributed by atoms with van der Waals surface area (Å²) in [6, 6.07) is 2.06. The first-order valence-electron chi connectivity index (χ1n) is 6.48. The zero-order valence-corrected chi connectivity index (χ0v) is 12.5. The van der Waals surface area contributed by atoms with Crippen molar-refractivity contribution in [3.05, 3.63) is 11.9 Å². The zero-order valence-electron chi connectivity index (χ0n) is 11.7. The van der Waals surface area contributed by atoms with Crippen molar-refractivity contribution < 1.29 is 0 Å². The van der Waals surface area contributed by atoms with Gasteiger partial charge in [0, 0.05) is 36.2 Å². The van der Waals surface area contributed by atoms with E-state index < -0.39 is 0 Å². The summed E-state index contributed by atoms with van der Waals surface area (Å²) in [5.41, 5.74) is 0. The smallest absolute Gasteiger partial charge is 0.134 e. The van der Waals surface area contributed by atoms with Gasteiger partial charge in [-0.1, -0.05) is 0 Å². The lowest BCUT2D eigenvalue weighted by Gasteiger charge is -2.38. The summed E-state index contributed by atoms with van der Waals surface area (Å²) in [7, 11) is 0. The minimum Gasteiger partial charge on any atom is -0.370 e. The van der Waals surface area contributed by atoms with Crippen LogP contribution in [-0.4, -0.2) is 40.1 Å². The Morgan fingerprint density at radius 1 is 1.44 bits per heavy atom. The summed E-state index contributed by atoms with van der Waals surface area (Å²) < 4.78 is 0.301. The van der Waals surface area contributed by atoms with Crippen LogP contribution in [0.3, 0.4) is 0 Å². The molecule has 0 unspecified atom stereocenters. The number of hydrogen-bond donors (Lipinski definition) is 1. The van der Waals surface area contributed by atoms with Gasteiger partial charge < -0.3 is 10.2 Å². The van der Waals surface area contributed by atoms with Crippen molar-refractivity contribution in [1.29, 1.82) is 0 Å². The molecule has 0 aromatic carbocycles. The summed E-state index contributed by atoms with van der Waals surface area (Å²) in [6.07, 6.45) is 0. The predicted octanol–water partition coefficient (Wildman–Crippen LogP) is 2.55. The van der Waals surface area contributed by atoms with Gasteiger partial charge in [0.1, 0.15) is 17.5 Å². The van der Waals surface area contributed by atoms with Crippen LogP contribution in [0.2, 0.25) is 0 Å². The summed E-state index contributed by atoms with van der Waals surface area (Å²) in [4.78, 5) is 11.3. The van der Waals surface area contributed by atoms with Crippen molar-refractivity contribution in [2.45, 2.75) is 32.4 Å². The van der Waals surface area contributed by atoms with Crippen LogP contribution in [0.15, 0.2) is 6.07 Å². The largest absolute Gasteiger partial charge is 0.370 e. The van der Waals surface area contributed by atoms with Gasteiger partial charge in [-0.05, 0) is 27.7 Å². The molecule has 18 heavy (non-hydrogen) atoms. The Labute approximate surface area is 114 Å². The van der Waals surface area contributed by atoms with Crippen LogP contribution in [0.1, 0.15) is 26.6 Å². The van der Waals surface area contributed by atoms with Crippen LogP contribution in [0, 0.1) is 6.92 Å². The number of thioether (sulfide) groups is 1. The van der Waals surface area contributed by atoms with Crippen LogP contribution >= 0.6 is 11.8 Å². The highest BCUT2D eigenvalue weighted by Gasteiger charge is 2.28. The molecule has 0 amide bonds. The lowest BCUT2D eigenvalue weighted by atomic mass is 10.2. The first-order chi connectivity index (χ1) is 8.50. The molecule has 0 aliphatic carbocycles. The normalized spacial score (nSPS) is 18.8. The Balaban J connectivity index is 2.21. The molecule has 1 aromatic rings. The third kappa shape index (κ3) is 3.28. The minimum atomic E-state index is 0.301. The molecule has 1 fully saturated rings. The molecule has 1 N–H and O–H groups in total. The summed E-state index contributed by atoms with van der Waals surface area (Å²) >= 11 is 2.04. The van der Waals surface area contributed by atoms with Crippen LogP contribution in [0.4, 0.5) is 11.6 Å². The van der Waals surface area contributed by atoms with E-state index in [1.54, 1.807) is 0 Å². The van der Waals surface area contributed by atoms with E-state index in [4.69, 9.17) is 0 Å². The molecule has 4 nitrogen and oxygen atoms in total. The van der Waals surface area contributed by atoms with Gasteiger partial charge in [-0.15, -0.1) is 0 Å². The van der Waals surface area contributed by atoms with Gasteiger partial charge in [-0.25, -0.2) is 9.97 Å². The van der Waals surface area contributed by atoms with Crippen LogP contribution < -0.4 is 10.2 Å². The Hall–Kier alpha value is -0.970. The molecule has 0 saturated carbocycles. The minimum absolute atomic E-state index is 0.301. The zero-order chi connectivity index (χ0) is 13.2. The highest BCUT2D eigenvalue weighted by molar-refractivity contribution is 8.00. The molecular weight excluding hydrogens is 244 g/mol. The maximum Gasteiger partial charge on any atom is 0.134 e. The first kappa shape index (κ1) is 13.5. The number of aromatic nitrogens is 2. The van der Waals surface area contributed by atoms with Crippen LogP contribution in [0.5, 0.6) is 0 Å². The van der Waals surface area contributed by atoms with Gasteiger partial charge in [0.15, 0.2) is 0 Å². The van der Waals surface area contributed by atoms with Gasteiger partial charge in [-0.3, -0.25) is 0 Å². The van der Waals surface area contributed by atoms with E-state index in [-0.39, 0.29) is 0 Å². The number of anilines is 2. The maximum absolute atomic E-state index is 4.57. The molecule has 1 saturated heterocycles. The highest BCUT2D eigenvalue weighted by atomic mass is 32.2. The standard InChI is InChI=1S/C13H22N4S/c1-5-14-11-8-12(16-10(2)15-11)17-6-7-18-13(3,4)9-17/h8H,5-7,9H2,1-4H3,(H,14,15,16). The summed E-state index contributed by atoms with van der Waals surface area (Å²) in [5.74, 6) is 3.97. The molecule has 1 aromatic heterocycles. The second-order valence-corrected chi connectivity index (χ2v) is 7.02. The van der Waals surface area contributed by atoms with Crippen molar-refractivity contribution in [1.82, 2.24) is 9.97 Å². The van der Waals surface area contributed by atoms with Gasteiger partial charge in [0.05, 0.1) is 0 Å². The van der Waals surface area contributed by atoms with E-state index in [1.807, 2.05) is 18.7 Å². The Kier molecular flexibility index (Phi) is 4.00. The molecule has 0 radical (unpaired) electrons. The van der Waals surface area contributed by atoms with Crippen molar-refractivity contribution in [2.24, 2.45) is 0 Å². The quantitative estimate of drug-likeness (QED) is 0.910. The number of nitrogens with zero attached hydrogens (tertiary/aromatic N) is 3. The molecule has 0 bridgehead atoms. The van der Waals surface area contributed by atoms with Crippen molar-refractivity contribution in [2.75, 3.05) is 35.6 Å². The molecule has 2 heterocycles. The predicted molar refractivity (Wildman–Crippen MR) is 79.7 cm³/mol. The molecule has 100 valence electrons. The van der Waals surface area contributed by atoms with Crippen molar-refractivity contribution in [3.8, 4) is 0 Å². The van der Waals surface area contributed by atoms with E-state index in [0.29, 0.717) is 4.75 Å². The van der Waals surface area contributed by atoms with Gasteiger partial charge in [-0.2, -0.15) is 11.8 Å². The van der Waals surface area contributed by atoms with E-state index >= 15 is 0 Å². The van der Waals surface area contributed by atoms with Crippen molar-refractivity contribution >= 4 is 23.4 Å². The number of nitrogens with one attached hydrogen (secondary N) is 1. The highest BCUT2D eigenvalue weighted by Crippen LogP contribution is 2.31. The number of rotatable bonds is 3. The molecule has 0 atom stereocenters. The first-order valence-corrected chi connectivity index (χ1v) is 7.47. The van der Waals surface area contributed by atoms with Crippen molar-refractivity contribution in [3.63, 3.8) is 0 Å². The molecule has 1 aliphatic heterocycles. The van der Waals surface area contributed by atoms with E-state index in [9.17, 15) is 0 Å². The van der Waals surface area contributed by atoms with Gasteiger partial charge in [0.2, 0.25) is 0 Å². The lowest BCUT2D eigenvalue weighted by Crippen LogP contribution is -2.43. The third-order valence-corrected chi connectivity index (χ3v) is 4.23. The van der Waals surface area contributed by atoms with E-state index in [0.717, 1.165) is 42.8 Å². The van der Waals surface area contributed by atoms with Gasteiger partial charge in [0.25, 0.3) is 0 Å². The average Bonchev–Trinajstić information content (AvgIpc) is 2.27. The average molecular weight is 266 g/mol. The summed E-state index contributed by atoms with van der Waals surface area (Å²) in [5, 5.41) is 3.27. The second-order valence-electron chi connectivity index (χ2n) is 5.22. The van der Waals surface area contributed by atoms with Crippen LogP contribution in [0.25, 0.3) is 0 Å². The number of hydrogen-bond acceptors (Lipinski definition) is 5. The van der Waals surface area contributed by atoms with E-state index in [1.165, 1.54) is 0 Å². The third-order valence-electron chi connectivity index (χ3n) is 2.93. The SMILES string of the molecule is CCNc1cc(N2CCSC(C)(C)C2)nc(C)n1. The molecule has 1 aliphatic rings. The summed E-state index contributed by atoms with van der Waals surface area (Å²) in [6.45, 7) is 11.6. The second kappa shape index (κ2) is 5.34. The molecule has 0 spiro atoms. The van der Waals surface area contributed by atoms with Gasteiger partial charge >= 0.3 is 0 Å².